The quantitative estimate of drug-likeness (QED) is 0.762. The molecule has 92 valence electrons. The molecule has 0 atom stereocenters. The summed E-state index contributed by atoms with van der Waals surface area (Å²) in [6, 6.07) is 7.52. The van der Waals surface area contributed by atoms with Crippen molar-refractivity contribution in [1.29, 1.82) is 0 Å². The molecular formula is C13H18N2O2. The lowest BCUT2D eigenvalue weighted by molar-refractivity contribution is -0.124. The summed E-state index contributed by atoms with van der Waals surface area (Å²) in [4.78, 5) is 22.9. The molecule has 1 saturated heterocycles. The number of aryl methyl sites for hydroxylation is 1. The van der Waals surface area contributed by atoms with Crippen LogP contribution in [0.3, 0.4) is 0 Å². The second-order valence-electron chi connectivity index (χ2n) is 3.46. The number of hydrazine groups is 1. The van der Waals surface area contributed by atoms with Gasteiger partial charge in [0.05, 0.1) is 0 Å². The van der Waals surface area contributed by atoms with Gasteiger partial charge in [-0.3, -0.25) is 20.4 Å². The Kier molecular flexibility index (Phi) is 4.69. The van der Waals surface area contributed by atoms with E-state index in [4.69, 9.17) is 0 Å². The molecule has 2 N–H and O–H groups in total. The molecule has 1 fully saturated rings. The highest BCUT2D eigenvalue weighted by Crippen LogP contribution is 2.23. The number of carbonyl (C=O) groups excluding carboxylic acids is 2. The number of hydrogen-bond donors (Lipinski definition) is 2. The largest absolute Gasteiger partial charge is 0.272 e. The van der Waals surface area contributed by atoms with E-state index in [1.165, 1.54) is 0 Å². The van der Waals surface area contributed by atoms with Gasteiger partial charge in [0, 0.05) is 0 Å². The van der Waals surface area contributed by atoms with E-state index in [-0.39, 0.29) is 11.8 Å². The molecule has 0 radical (unpaired) electrons. The second kappa shape index (κ2) is 6.03. The van der Waals surface area contributed by atoms with Crippen LogP contribution in [0.4, 0.5) is 0 Å². The van der Waals surface area contributed by atoms with E-state index in [2.05, 4.69) is 10.9 Å². The van der Waals surface area contributed by atoms with Gasteiger partial charge in [-0.05, 0) is 17.5 Å². The minimum Gasteiger partial charge on any atom is -0.272 e. The lowest BCUT2D eigenvalue weighted by Crippen LogP contribution is -2.28. The Hall–Kier alpha value is -1.84. The number of carbonyl (C=O) groups is 2. The van der Waals surface area contributed by atoms with Crippen molar-refractivity contribution in [2.24, 2.45) is 0 Å². The van der Waals surface area contributed by atoms with Gasteiger partial charge in [0.15, 0.2) is 0 Å². The Morgan fingerprint density at radius 1 is 1.06 bits per heavy atom. The second-order valence-corrected chi connectivity index (χ2v) is 3.46. The summed E-state index contributed by atoms with van der Waals surface area (Å²) in [7, 11) is 0. The highest BCUT2D eigenvalue weighted by molar-refractivity contribution is 6.10. The lowest BCUT2D eigenvalue weighted by Gasteiger charge is -2.09. The van der Waals surface area contributed by atoms with Gasteiger partial charge in [-0.1, -0.05) is 45.0 Å². The number of benzene rings is 1. The van der Waals surface area contributed by atoms with Crippen molar-refractivity contribution in [2.45, 2.75) is 33.1 Å². The third-order valence-electron chi connectivity index (χ3n) is 2.58. The molecule has 1 aliphatic rings. The average Bonchev–Trinajstić information content (AvgIpc) is 2.71. The van der Waals surface area contributed by atoms with Crippen LogP contribution < -0.4 is 10.9 Å². The maximum Gasteiger partial charge on any atom is 0.255 e. The fourth-order valence-electron chi connectivity index (χ4n) is 1.81. The van der Waals surface area contributed by atoms with Gasteiger partial charge in [0.1, 0.15) is 5.92 Å². The van der Waals surface area contributed by atoms with Gasteiger partial charge in [0.25, 0.3) is 11.8 Å². The number of hydrogen-bond acceptors (Lipinski definition) is 2. The molecule has 1 aromatic carbocycles. The normalized spacial score (nSPS) is 14.8. The summed E-state index contributed by atoms with van der Waals surface area (Å²) in [6.45, 7) is 6.00. The molecule has 1 aromatic rings. The van der Waals surface area contributed by atoms with Crippen LogP contribution in [0, 0.1) is 0 Å². The van der Waals surface area contributed by atoms with Gasteiger partial charge in [-0.25, -0.2) is 0 Å². The zero-order chi connectivity index (χ0) is 12.8. The molecule has 0 unspecified atom stereocenters. The van der Waals surface area contributed by atoms with Gasteiger partial charge < -0.3 is 0 Å². The van der Waals surface area contributed by atoms with E-state index in [0.29, 0.717) is 0 Å². The minimum atomic E-state index is -0.693. The smallest absolute Gasteiger partial charge is 0.255 e. The molecule has 17 heavy (non-hydrogen) atoms. The molecular weight excluding hydrogens is 216 g/mol. The molecule has 0 aliphatic carbocycles. The zero-order valence-corrected chi connectivity index (χ0v) is 10.4. The number of amides is 2. The summed E-state index contributed by atoms with van der Waals surface area (Å²) < 4.78 is 0. The Labute approximate surface area is 101 Å². The summed E-state index contributed by atoms with van der Waals surface area (Å²) in [5.74, 6) is -1.25. The molecule has 4 nitrogen and oxygen atoms in total. The van der Waals surface area contributed by atoms with Gasteiger partial charge in [-0.2, -0.15) is 0 Å². The summed E-state index contributed by atoms with van der Waals surface area (Å²) in [5, 5.41) is 0. The highest BCUT2D eigenvalue weighted by Gasteiger charge is 2.35. The SMILES string of the molecule is CC.CCc1ccccc1C1C(=O)NNC1=O. The molecule has 1 heterocycles. The molecule has 2 amide bonds. The van der Waals surface area contributed by atoms with E-state index in [1.54, 1.807) is 0 Å². The molecule has 0 saturated carbocycles. The molecule has 0 bridgehead atoms. The van der Waals surface area contributed by atoms with Crippen molar-refractivity contribution in [2.75, 3.05) is 0 Å². The fourth-order valence-corrected chi connectivity index (χ4v) is 1.81. The third kappa shape index (κ3) is 2.64. The van der Waals surface area contributed by atoms with Crippen LogP contribution in [0.25, 0.3) is 0 Å². The predicted molar refractivity (Wildman–Crippen MR) is 66.2 cm³/mol. The molecule has 1 aliphatic heterocycles. The third-order valence-corrected chi connectivity index (χ3v) is 2.58. The summed E-state index contributed by atoms with van der Waals surface area (Å²) in [5.41, 5.74) is 6.50. The maximum absolute atomic E-state index is 11.5. The molecule has 2 rings (SSSR count). The summed E-state index contributed by atoms with van der Waals surface area (Å²) in [6.07, 6.45) is 0.813. The van der Waals surface area contributed by atoms with Crippen LogP contribution in [0.2, 0.25) is 0 Å². The monoisotopic (exact) mass is 234 g/mol. The van der Waals surface area contributed by atoms with E-state index < -0.39 is 5.92 Å². The van der Waals surface area contributed by atoms with Crippen LogP contribution in [-0.2, 0) is 16.0 Å². The van der Waals surface area contributed by atoms with Crippen molar-refractivity contribution >= 4 is 11.8 Å². The van der Waals surface area contributed by atoms with Gasteiger partial charge in [-0.15, -0.1) is 0 Å². The Bertz CT molecular complexity index is 400. The molecule has 0 aromatic heterocycles. The van der Waals surface area contributed by atoms with Crippen LogP contribution in [0.1, 0.15) is 37.8 Å². The number of nitrogens with one attached hydrogen (secondary N) is 2. The average molecular weight is 234 g/mol. The Morgan fingerprint density at radius 2 is 1.59 bits per heavy atom. The van der Waals surface area contributed by atoms with Gasteiger partial charge in [0.2, 0.25) is 0 Å². The number of rotatable bonds is 2. The molecule has 0 spiro atoms. The van der Waals surface area contributed by atoms with E-state index in [0.717, 1.165) is 17.5 Å². The first-order valence-corrected chi connectivity index (χ1v) is 5.91. The van der Waals surface area contributed by atoms with Crippen molar-refractivity contribution in [3.63, 3.8) is 0 Å². The van der Waals surface area contributed by atoms with Crippen LogP contribution in [0.15, 0.2) is 24.3 Å². The van der Waals surface area contributed by atoms with E-state index in [1.807, 2.05) is 45.0 Å². The maximum atomic E-state index is 11.5. The first-order valence-electron chi connectivity index (χ1n) is 5.91. The van der Waals surface area contributed by atoms with Crippen molar-refractivity contribution in [3.05, 3.63) is 35.4 Å². The fraction of sp³-hybridized carbons (Fsp3) is 0.385. The standard InChI is InChI=1S/C11H12N2O2.C2H6/c1-2-7-5-3-4-6-8(7)9-10(14)12-13-11(9)15;1-2/h3-6,9H,2H2,1H3,(H,12,14)(H,13,15);1-2H3. The van der Waals surface area contributed by atoms with Crippen LogP contribution in [-0.4, -0.2) is 11.8 Å². The van der Waals surface area contributed by atoms with E-state index >= 15 is 0 Å². The Balaban J connectivity index is 0.000000686. The first-order chi connectivity index (χ1) is 8.24. The van der Waals surface area contributed by atoms with Gasteiger partial charge >= 0.3 is 0 Å². The predicted octanol–water partition coefficient (Wildman–Crippen LogP) is 1.52. The van der Waals surface area contributed by atoms with Crippen molar-refractivity contribution in [1.82, 2.24) is 10.9 Å². The van der Waals surface area contributed by atoms with Crippen molar-refractivity contribution in [3.8, 4) is 0 Å². The van der Waals surface area contributed by atoms with Crippen LogP contribution in [0.5, 0.6) is 0 Å². The molecule has 4 heteroatoms. The lowest BCUT2D eigenvalue weighted by atomic mass is 9.93. The minimum absolute atomic E-state index is 0.277. The first kappa shape index (κ1) is 13.2. The topological polar surface area (TPSA) is 58.2 Å². The van der Waals surface area contributed by atoms with E-state index in [9.17, 15) is 9.59 Å². The zero-order valence-electron chi connectivity index (χ0n) is 10.4. The summed E-state index contributed by atoms with van der Waals surface area (Å²) >= 11 is 0. The van der Waals surface area contributed by atoms with Crippen molar-refractivity contribution < 1.29 is 9.59 Å². The Morgan fingerprint density at radius 3 is 2.12 bits per heavy atom. The highest BCUT2D eigenvalue weighted by atomic mass is 16.2. The van der Waals surface area contributed by atoms with Crippen LogP contribution >= 0.6 is 0 Å².